The van der Waals surface area contributed by atoms with Crippen LogP contribution in [0.3, 0.4) is 0 Å². The van der Waals surface area contributed by atoms with Gasteiger partial charge in [0.05, 0.1) is 11.1 Å². The average molecular weight is 455 g/mol. The molecule has 1 amide bonds. The van der Waals surface area contributed by atoms with Crippen LogP contribution in [0.15, 0.2) is 24.7 Å². The summed E-state index contributed by atoms with van der Waals surface area (Å²) in [6.45, 7) is 5.08. The molecule has 1 saturated heterocycles. The number of carbonyl (C=O) groups is 1. The number of carbonyl (C=O) groups excluding carboxylic acids is 1. The minimum Gasteiger partial charge on any atom is -0.383 e. The van der Waals surface area contributed by atoms with Crippen LogP contribution in [0.4, 0.5) is 5.82 Å². The summed E-state index contributed by atoms with van der Waals surface area (Å²) in [6.07, 6.45) is 15.7. The van der Waals surface area contributed by atoms with Crippen molar-refractivity contribution in [2.45, 2.75) is 52.0 Å². The first-order valence-corrected chi connectivity index (χ1v) is 11.9. The highest BCUT2D eigenvalue weighted by molar-refractivity contribution is 6.04. The predicted molar refractivity (Wildman–Crippen MR) is 135 cm³/mol. The van der Waals surface area contributed by atoms with Gasteiger partial charge >= 0.3 is 0 Å². The molecule has 4 heterocycles. The van der Waals surface area contributed by atoms with Gasteiger partial charge in [-0.25, -0.2) is 15.0 Å². The zero-order valence-electron chi connectivity index (χ0n) is 20.0. The summed E-state index contributed by atoms with van der Waals surface area (Å²) in [5, 5.41) is 0.851. The van der Waals surface area contributed by atoms with Crippen LogP contribution in [0.25, 0.3) is 27.9 Å². The smallest absolute Gasteiger partial charge is 0.226 e. The van der Waals surface area contributed by atoms with E-state index in [4.69, 9.17) is 12.2 Å². The molecule has 2 aliphatic rings. The number of pyridine rings is 1. The van der Waals surface area contributed by atoms with Gasteiger partial charge in [0.1, 0.15) is 23.5 Å². The van der Waals surface area contributed by atoms with Crippen LogP contribution in [0, 0.1) is 25.2 Å². The molecule has 5 rings (SSSR count). The van der Waals surface area contributed by atoms with Crippen molar-refractivity contribution < 1.29 is 4.79 Å². The number of hydrogen-bond donors (Lipinski definition) is 1. The molecule has 3 aromatic rings. The molecule has 7 nitrogen and oxygen atoms in total. The number of aromatic nitrogens is 4. The molecule has 2 N–H and O–H groups in total. The monoisotopic (exact) mass is 454 g/mol. The highest BCUT2D eigenvalue weighted by atomic mass is 16.2. The molecule has 1 fully saturated rings. The second kappa shape index (κ2) is 8.60. The average Bonchev–Trinajstić information content (AvgIpc) is 3.40. The van der Waals surface area contributed by atoms with Crippen molar-refractivity contribution >= 4 is 28.3 Å². The topological polar surface area (TPSA) is 89.9 Å². The van der Waals surface area contributed by atoms with Crippen molar-refractivity contribution in [3.8, 4) is 23.6 Å². The van der Waals surface area contributed by atoms with Crippen LogP contribution in [-0.4, -0.2) is 42.9 Å². The molecule has 0 radical (unpaired) electrons. The van der Waals surface area contributed by atoms with E-state index in [-0.39, 0.29) is 5.92 Å². The van der Waals surface area contributed by atoms with Gasteiger partial charge in [0, 0.05) is 42.9 Å². The molecule has 0 saturated carbocycles. The van der Waals surface area contributed by atoms with E-state index in [2.05, 4.69) is 43.3 Å². The van der Waals surface area contributed by atoms with E-state index < -0.39 is 0 Å². The van der Waals surface area contributed by atoms with Crippen LogP contribution in [0.1, 0.15) is 55.8 Å². The van der Waals surface area contributed by atoms with E-state index in [1.165, 1.54) is 11.9 Å². The molecular formula is C27H30N6O. The largest absolute Gasteiger partial charge is 0.383 e. The van der Waals surface area contributed by atoms with Crippen molar-refractivity contribution in [2.75, 3.05) is 12.3 Å². The summed E-state index contributed by atoms with van der Waals surface area (Å²) < 4.78 is 2.06. The van der Waals surface area contributed by atoms with Crippen molar-refractivity contribution in [3.05, 3.63) is 41.5 Å². The van der Waals surface area contributed by atoms with Gasteiger partial charge in [0.15, 0.2) is 0 Å². The zero-order chi connectivity index (χ0) is 24.0. The van der Waals surface area contributed by atoms with E-state index in [0.717, 1.165) is 72.1 Å². The Balaban J connectivity index is 1.60. The fourth-order valence-corrected chi connectivity index (χ4v) is 5.57. The van der Waals surface area contributed by atoms with Gasteiger partial charge in [-0.05, 0) is 63.2 Å². The molecule has 2 atom stereocenters. The van der Waals surface area contributed by atoms with Crippen molar-refractivity contribution in [1.82, 2.24) is 24.4 Å². The first-order chi connectivity index (χ1) is 16.4. The Labute approximate surface area is 200 Å². The van der Waals surface area contributed by atoms with E-state index in [9.17, 15) is 4.79 Å². The summed E-state index contributed by atoms with van der Waals surface area (Å²) in [5.41, 5.74) is 13.0. The lowest BCUT2D eigenvalue weighted by Gasteiger charge is -2.29. The number of terminal acetylenes is 1. The Morgan fingerprint density at radius 3 is 2.74 bits per heavy atom. The Morgan fingerprint density at radius 1 is 1.26 bits per heavy atom. The Morgan fingerprint density at radius 2 is 2.09 bits per heavy atom. The number of anilines is 1. The second-order valence-electron chi connectivity index (χ2n) is 9.49. The number of fused-ring (bicyclic) bond motifs is 1. The maximum Gasteiger partial charge on any atom is 0.226 e. The third kappa shape index (κ3) is 3.54. The molecule has 34 heavy (non-hydrogen) atoms. The normalized spacial score (nSPS) is 20.4. The van der Waals surface area contributed by atoms with Crippen molar-refractivity contribution in [3.63, 3.8) is 0 Å². The van der Waals surface area contributed by atoms with Crippen molar-refractivity contribution in [1.29, 1.82) is 0 Å². The van der Waals surface area contributed by atoms with E-state index >= 15 is 0 Å². The highest BCUT2D eigenvalue weighted by Gasteiger charge is 2.33. The summed E-state index contributed by atoms with van der Waals surface area (Å²) >= 11 is 0. The third-order valence-electron chi connectivity index (χ3n) is 7.43. The molecule has 1 aliphatic carbocycles. The number of aryl methyl sites for hydroxylation is 2. The lowest BCUT2D eigenvalue weighted by molar-refractivity contribution is -0.136. The minimum atomic E-state index is 0.0367. The quantitative estimate of drug-likeness (QED) is 0.602. The van der Waals surface area contributed by atoms with Gasteiger partial charge in [-0.2, -0.15) is 0 Å². The maximum atomic E-state index is 13.1. The SMILES string of the molecule is C#Cc1cc(C)c(-c2c(C3=CC[C@H](C(=O)N4CCC[C@@H]4C)CC3)c3c(N)ncnc3n2C)cn1. The lowest BCUT2D eigenvalue weighted by Crippen LogP contribution is -2.38. The third-order valence-corrected chi connectivity index (χ3v) is 7.43. The standard InChI is InChI=1S/C27H30N6O/c1-5-20-13-16(2)21(14-29-20)24-22(23-25(28)30-15-31-26(23)32(24)4)18-8-10-19(11-9-18)27(34)33-12-6-7-17(33)3/h1,8,13-15,17,19H,6-7,9-12H2,2-4H3,(H2,28,30,31)/t17-,19-/m0/s1. The van der Waals surface area contributed by atoms with Crippen molar-refractivity contribution in [2.24, 2.45) is 13.0 Å². The molecule has 174 valence electrons. The molecular weight excluding hydrogens is 424 g/mol. The summed E-state index contributed by atoms with van der Waals surface area (Å²) in [7, 11) is 1.99. The number of rotatable bonds is 3. The molecule has 7 heteroatoms. The summed E-state index contributed by atoms with van der Waals surface area (Å²) in [6, 6.07) is 2.27. The Kier molecular flexibility index (Phi) is 5.60. The van der Waals surface area contributed by atoms with Gasteiger partial charge in [0.2, 0.25) is 5.91 Å². The fourth-order valence-electron chi connectivity index (χ4n) is 5.57. The Hall–Kier alpha value is -3.66. The van der Waals surface area contributed by atoms with Crippen LogP contribution in [0.2, 0.25) is 0 Å². The zero-order valence-corrected chi connectivity index (χ0v) is 20.0. The number of nitrogens with zero attached hydrogens (tertiary/aromatic N) is 5. The number of nitrogen functional groups attached to an aromatic ring is 1. The molecule has 0 spiro atoms. The molecule has 0 bridgehead atoms. The number of allylic oxidation sites excluding steroid dienone is 2. The minimum absolute atomic E-state index is 0.0367. The van der Waals surface area contributed by atoms with Gasteiger partial charge in [0.25, 0.3) is 0 Å². The van der Waals surface area contributed by atoms with E-state index in [1.54, 1.807) is 0 Å². The first kappa shape index (κ1) is 22.1. The van der Waals surface area contributed by atoms with Crippen LogP contribution < -0.4 is 5.73 Å². The summed E-state index contributed by atoms with van der Waals surface area (Å²) in [4.78, 5) is 28.5. The number of nitrogens with two attached hydrogens (primary N) is 1. The molecule has 3 aromatic heterocycles. The van der Waals surface area contributed by atoms with Gasteiger partial charge in [-0.1, -0.05) is 12.0 Å². The lowest BCUT2D eigenvalue weighted by atomic mass is 9.84. The van der Waals surface area contributed by atoms with E-state index in [1.807, 2.05) is 26.2 Å². The molecule has 1 aliphatic heterocycles. The molecule has 0 unspecified atom stereocenters. The van der Waals surface area contributed by atoms with Crippen LogP contribution in [0.5, 0.6) is 0 Å². The Bertz CT molecular complexity index is 1360. The van der Waals surface area contributed by atoms with Gasteiger partial charge < -0.3 is 15.2 Å². The van der Waals surface area contributed by atoms with E-state index in [0.29, 0.717) is 23.5 Å². The number of hydrogen-bond acceptors (Lipinski definition) is 5. The van der Waals surface area contributed by atoms with Crippen LogP contribution >= 0.6 is 0 Å². The van der Waals surface area contributed by atoms with Gasteiger partial charge in [-0.3, -0.25) is 4.79 Å². The number of amides is 1. The highest BCUT2D eigenvalue weighted by Crippen LogP contribution is 2.43. The molecule has 0 aromatic carbocycles. The predicted octanol–water partition coefficient (Wildman–Crippen LogP) is 4.10. The summed E-state index contributed by atoms with van der Waals surface area (Å²) in [5.74, 6) is 3.40. The maximum absolute atomic E-state index is 13.1. The first-order valence-electron chi connectivity index (χ1n) is 11.9. The van der Waals surface area contributed by atoms with Crippen LogP contribution in [-0.2, 0) is 11.8 Å². The second-order valence-corrected chi connectivity index (χ2v) is 9.49. The number of likely N-dealkylation sites (tertiary alicyclic amines) is 1. The fraction of sp³-hybridized carbons (Fsp3) is 0.407. The van der Waals surface area contributed by atoms with Gasteiger partial charge in [-0.15, -0.1) is 6.42 Å².